The van der Waals surface area contributed by atoms with Crippen LogP contribution in [0.3, 0.4) is 0 Å². The largest absolute Gasteiger partial charge is 0.497 e. The molecule has 3 rings (SSSR count). The Kier molecular flexibility index (Phi) is 3.49. The number of thiophene rings is 1. The number of rotatable bonds is 4. The van der Waals surface area contributed by atoms with Gasteiger partial charge in [-0.15, -0.1) is 11.3 Å². The molecule has 0 aliphatic carbocycles. The fourth-order valence-electron chi connectivity index (χ4n) is 1.92. The lowest BCUT2D eigenvalue weighted by Crippen LogP contribution is -2.13. The molecule has 0 spiro atoms. The Bertz CT molecular complexity index is 693. The molecular weight excluding hydrogens is 272 g/mol. The zero-order chi connectivity index (χ0) is 13.9. The number of nitrogens with two attached hydrogens (primary N) is 1. The first-order valence-corrected chi connectivity index (χ1v) is 7.01. The second-order valence-electron chi connectivity index (χ2n) is 4.28. The summed E-state index contributed by atoms with van der Waals surface area (Å²) >= 11 is 1.60. The highest BCUT2D eigenvalue weighted by atomic mass is 32.1. The van der Waals surface area contributed by atoms with Crippen LogP contribution in [0, 0.1) is 0 Å². The van der Waals surface area contributed by atoms with E-state index in [0.717, 1.165) is 16.2 Å². The highest BCUT2D eigenvalue weighted by molar-refractivity contribution is 7.13. The van der Waals surface area contributed by atoms with Gasteiger partial charge >= 0.3 is 0 Å². The summed E-state index contributed by atoms with van der Waals surface area (Å²) in [6.45, 7) is 0. The maximum absolute atomic E-state index is 6.22. The monoisotopic (exact) mass is 286 g/mol. The molecule has 2 aromatic heterocycles. The minimum Gasteiger partial charge on any atom is -0.497 e. The number of ether oxygens (including phenoxy) is 1. The first kappa shape index (κ1) is 12.8. The Balaban J connectivity index is 1.88. The summed E-state index contributed by atoms with van der Waals surface area (Å²) in [5.41, 5.74) is 7.15. The minimum atomic E-state index is -0.355. The molecular formula is C14H14N4OS. The van der Waals surface area contributed by atoms with Crippen molar-refractivity contribution in [2.75, 3.05) is 7.11 Å². The standard InChI is InChI=1S/C14H14N4OS/c1-19-10-5-2-4-9(8-10)12(15)14-16-13(17-18-14)11-6-3-7-20-11/h2-8,12H,15H2,1H3,(H,16,17,18). The van der Waals surface area contributed by atoms with Gasteiger partial charge in [-0.1, -0.05) is 18.2 Å². The number of methoxy groups -OCH3 is 1. The summed E-state index contributed by atoms with van der Waals surface area (Å²) in [6.07, 6.45) is 0. The molecule has 0 saturated heterocycles. The van der Waals surface area contributed by atoms with Gasteiger partial charge in [-0.25, -0.2) is 4.98 Å². The molecule has 0 saturated carbocycles. The molecule has 0 radical (unpaired) electrons. The Labute approximate surface area is 120 Å². The molecule has 6 heteroatoms. The van der Waals surface area contributed by atoms with Crippen molar-refractivity contribution in [1.82, 2.24) is 15.2 Å². The number of aromatic amines is 1. The molecule has 0 aliphatic rings. The number of nitrogens with one attached hydrogen (secondary N) is 1. The van der Waals surface area contributed by atoms with Gasteiger partial charge in [0.1, 0.15) is 11.6 Å². The van der Waals surface area contributed by atoms with Crippen LogP contribution in [0.5, 0.6) is 5.75 Å². The van der Waals surface area contributed by atoms with Gasteiger partial charge in [0.2, 0.25) is 0 Å². The number of hydrogen-bond donors (Lipinski definition) is 2. The summed E-state index contributed by atoms with van der Waals surface area (Å²) in [4.78, 5) is 5.48. The van der Waals surface area contributed by atoms with Gasteiger partial charge in [0.15, 0.2) is 5.82 Å². The van der Waals surface area contributed by atoms with E-state index in [2.05, 4.69) is 15.2 Å². The van der Waals surface area contributed by atoms with Crippen LogP contribution in [0.25, 0.3) is 10.7 Å². The molecule has 102 valence electrons. The van der Waals surface area contributed by atoms with Crippen LogP contribution < -0.4 is 10.5 Å². The van der Waals surface area contributed by atoms with E-state index in [1.165, 1.54) is 0 Å². The van der Waals surface area contributed by atoms with E-state index in [0.29, 0.717) is 11.6 Å². The molecule has 5 nitrogen and oxygen atoms in total. The number of aromatic nitrogens is 3. The Morgan fingerprint density at radius 3 is 2.95 bits per heavy atom. The van der Waals surface area contributed by atoms with E-state index in [4.69, 9.17) is 10.5 Å². The summed E-state index contributed by atoms with van der Waals surface area (Å²) in [5.74, 6) is 2.09. The van der Waals surface area contributed by atoms with E-state index in [1.807, 2.05) is 41.8 Å². The topological polar surface area (TPSA) is 76.8 Å². The normalized spacial score (nSPS) is 12.3. The molecule has 0 amide bonds. The van der Waals surface area contributed by atoms with E-state index in [9.17, 15) is 0 Å². The SMILES string of the molecule is COc1cccc(C(N)c2nc(-c3cccs3)n[nH]2)c1. The summed E-state index contributed by atoms with van der Waals surface area (Å²) < 4.78 is 5.20. The predicted octanol–water partition coefficient (Wildman–Crippen LogP) is 2.59. The van der Waals surface area contributed by atoms with Crippen LogP contribution in [0.4, 0.5) is 0 Å². The lowest BCUT2D eigenvalue weighted by atomic mass is 10.1. The minimum absolute atomic E-state index is 0.355. The predicted molar refractivity (Wildman–Crippen MR) is 78.7 cm³/mol. The van der Waals surface area contributed by atoms with Crippen LogP contribution in [0.15, 0.2) is 41.8 Å². The molecule has 0 aliphatic heterocycles. The van der Waals surface area contributed by atoms with Crippen molar-refractivity contribution < 1.29 is 4.74 Å². The quantitative estimate of drug-likeness (QED) is 0.773. The van der Waals surface area contributed by atoms with Gasteiger partial charge in [-0.2, -0.15) is 5.10 Å². The maximum atomic E-state index is 6.22. The van der Waals surface area contributed by atoms with Gasteiger partial charge in [0, 0.05) is 0 Å². The summed E-state index contributed by atoms with van der Waals surface area (Å²) in [7, 11) is 1.63. The maximum Gasteiger partial charge on any atom is 0.191 e. The second-order valence-corrected chi connectivity index (χ2v) is 5.22. The van der Waals surface area contributed by atoms with Crippen molar-refractivity contribution in [2.45, 2.75) is 6.04 Å². The number of nitrogens with zero attached hydrogens (tertiary/aromatic N) is 2. The lowest BCUT2D eigenvalue weighted by molar-refractivity contribution is 0.414. The molecule has 0 fully saturated rings. The molecule has 20 heavy (non-hydrogen) atoms. The molecule has 2 heterocycles. The molecule has 1 unspecified atom stereocenters. The third kappa shape index (κ3) is 2.43. The van der Waals surface area contributed by atoms with Crippen LogP contribution in [-0.4, -0.2) is 22.3 Å². The van der Waals surface area contributed by atoms with E-state index in [-0.39, 0.29) is 6.04 Å². The van der Waals surface area contributed by atoms with E-state index >= 15 is 0 Å². The number of H-pyrrole nitrogens is 1. The molecule has 3 aromatic rings. The van der Waals surface area contributed by atoms with Gasteiger partial charge in [-0.05, 0) is 29.1 Å². The Morgan fingerprint density at radius 1 is 1.30 bits per heavy atom. The lowest BCUT2D eigenvalue weighted by Gasteiger charge is -2.09. The summed E-state index contributed by atoms with van der Waals surface area (Å²) in [6, 6.07) is 11.2. The Hall–Kier alpha value is -2.18. The third-order valence-electron chi connectivity index (χ3n) is 2.99. The zero-order valence-corrected chi connectivity index (χ0v) is 11.7. The average molecular weight is 286 g/mol. The Morgan fingerprint density at radius 2 is 2.20 bits per heavy atom. The van der Waals surface area contributed by atoms with Crippen LogP contribution >= 0.6 is 11.3 Å². The van der Waals surface area contributed by atoms with Crippen LogP contribution in [0.1, 0.15) is 17.4 Å². The highest BCUT2D eigenvalue weighted by Crippen LogP contribution is 2.24. The second kappa shape index (κ2) is 5.44. The van der Waals surface area contributed by atoms with E-state index < -0.39 is 0 Å². The first-order valence-electron chi connectivity index (χ1n) is 6.13. The molecule has 1 aromatic carbocycles. The fourth-order valence-corrected chi connectivity index (χ4v) is 2.58. The average Bonchev–Trinajstić information content (AvgIpc) is 3.17. The van der Waals surface area contributed by atoms with E-state index in [1.54, 1.807) is 18.4 Å². The molecule has 3 N–H and O–H groups in total. The van der Waals surface area contributed by atoms with Crippen molar-refractivity contribution in [1.29, 1.82) is 0 Å². The molecule has 1 atom stereocenters. The fraction of sp³-hybridized carbons (Fsp3) is 0.143. The molecule has 0 bridgehead atoms. The zero-order valence-electron chi connectivity index (χ0n) is 10.9. The van der Waals surface area contributed by atoms with Crippen LogP contribution in [-0.2, 0) is 0 Å². The van der Waals surface area contributed by atoms with Gasteiger partial charge in [0.05, 0.1) is 18.0 Å². The van der Waals surface area contributed by atoms with Crippen molar-refractivity contribution >= 4 is 11.3 Å². The van der Waals surface area contributed by atoms with Crippen LogP contribution in [0.2, 0.25) is 0 Å². The van der Waals surface area contributed by atoms with Gasteiger partial charge < -0.3 is 10.5 Å². The van der Waals surface area contributed by atoms with Crippen molar-refractivity contribution in [3.8, 4) is 16.5 Å². The number of benzene rings is 1. The van der Waals surface area contributed by atoms with Gasteiger partial charge in [-0.3, -0.25) is 5.10 Å². The number of hydrogen-bond acceptors (Lipinski definition) is 5. The first-order chi connectivity index (χ1) is 9.78. The highest BCUT2D eigenvalue weighted by Gasteiger charge is 2.15. The van der Waals surface area contributed by atoms with Crippen molar-refractivity contribution in [3.63, 3.8) is 0 Å². The van der Waals surface area contributed by atoms with Gasteiger partial charge in [0.25, 0.3) is 0 Å². The summed E-state index contributed by atoms with van der Waals surface area (Å²) in [5, 5.41) is 9.11. The van der Waals surface area contributed by atoms with Crippen molar-refractivity contribution in [2.24, 2.45) is 5.73 Å². The third-order valence-corrected chi connectivity index (χ3v) is 3.86. The smallest absolute Gasteiger partial charge is 0.191 e. The van der Waals surface area contributed by atoms with Crippen molar-refractivity contribution in [3.05, 3.63) is 53.2 Å².